The van der Waals surface area contributed by atoms with Crippen LogP contribution in [0.15, 0.2) is 36.4 Å². The van der Waals surface area contributed by atoms with Crippen molar-refractivity contribution < 1.29 is 15.0 Å². The van der Waals surface area contributed by atoms with Crippen LogP contribution in [-0.2, 0) is 4.79 Å². The number of rotatable bonds is 4. The van der Waals surface area contributed by atoms with E-state index < -0.39 is 12.1 Å². The first-order chi connectivity index (χ1) is 8.16. The Kier molecular flexibility index (Phi) is 3.20. The molecule has 0 bridgehead atoms. The van der Waals surface area contributed by atoms with Gasteiger partial charge in [0, 0.05) is 5.56 Å². The minimum atomic E-state index is -1.06. The molecule has 1 aromatic carbocycles. The van der Waals surface area contributed by atoms with Gasteiger partial charge in [0.05, 0.1) is 17.8 Å². The summed E-state index contributed by atoms with van der Waals surface area (Å²) in [4.78, 5) is 10.5. The molecule has 0 aliphatic carbocycles. The van der Waals surface area contributed by atoms with Crippen LogP contribution in [0.5, 0.6) is 0 Å². The third-order valence-electron chi connectivity index (χ3n) is 2.39. The second kappa shape index (κ2) is 4.80. The quantitative estimate of drug-likeness (QED) is 0.747. The highest BCUT2D eigenvalue weighted by molar-refractivity contribution is 5.67. The number of carboxylic acid groups (broad SMARTS) is 1. The molecule has 0 spiro atoms. The maximum atomic E-state index is 10.5. The fourth-order valence-corrected chi connectivity index (χ4v) is 1.54. The zero-order chi connectivity index (χ0) is 12.3. The van der Waals surface area contributed by atoms with Gasteiger partial charge in [-0.25, -0.2) is 0 Å². The normalized spacial score (nSPS) is 12.3. The Morgan fingerprint density at radius 2 is 2.06 bits per heavy atom. The number of aliphatic hydroxyl groups is 1. The highest BCUT2D eigenvalue weighted by atomic mass is 16.4. The number of carbonyl (C=O) groups is 1. The highest BCUT2D eigenvalue weighted by Gasteiger charge is 2.15. The number of nitrogens with one attached hydrogen (secondary N) is 1. The molecule has 0 radical (unpaired) electrons. The second-order valence-corrected chi connectivity index (χ2v) is 3.69. The fourth-order valence-electron chi connectivity index (χ4n) is 1.54. The van der Waals surface area contributed by atoms with Crippen LogP contribution in [0.4, 0.5) is 0 Å². The largest absolute Gasteiger partial charge is 0.481 e. The fraction of sp³-hybridized carbons (Fsp3) is 0.167. The standard InChI is InChI=1S/C12H12N2O3/c15-11(7-12(16)17)10-6-9(13-14-10)8-4-2-1-3-5-8/h1-6,11,15H,7H2,(H,13,14)(H,16,17)/t11-/m0/s1. The van der Waals surface area contributed by atoms with E-state index in [0.29, 0.717) is 11.4 Å². The van der Waals surface area contributed by atoms with Crippen LogP contribution in [0.3, 0.4) is 0 Å². The summed E-state index contributed by atoms with van der Waals surface area (Å²) in [5.41, 5.74) is 2.01. The summed E-state index contributed by atoms with van der Waals surface area (Å²) in [5, 5.41) is 24.9. The van der Waals surface area contributed by atoms with Crippen molar-refractivity contribution in [2.75, 3.05) is 0 Å². The van der Waals surface area contributed by atoms with Gasteiger partial charge in [0.1, 0.15) is 6.10 Å². The third kappa shape index (κ3) is 2.70. The predicted molar refractivity (Wildman–Crippen MR) is 61.2 cm³/mol. The number of aromatic amines is 1. The minimum Gasteiger partial charge on any atom is -0.481 e. The van der Waals surface area contributed by atoms with E-state index in [0.717, 1.165) is 5.56 Å². The lowest BCUT2D eigenvalue weighted by molar-refractivity contribution is -0.139. The second-order valence-electron chi connectivity index (χ2n) is 3.69. The van der Waals surface area contributed by atoms with Gasteiger partial charge in [0.25, 0.3) is 0 Å². The summed E-state index contributed by atoms with van der Waals surface area (Å²) in [6.45, 7) is 0. The van der Waals surface area contributed by atoms with Crippen molar-refractivity contribution in [3.63, 3.8) is 0 Å². The van der Waals surface area contributed by atoms with E-state index in [1.807, 2.05) is 30.3 Å². The third-order valence-corrected chi connectivity index (χ3v) is 2.39. The molecule has 3 N–H and O–H groups in total. The van der Waals surface area contributed by atoms with Crippen LogP contribution in [-0.4, -0.2) is 26.4 Å². The monoisotopic (exact) mass is 232 g/mol. The van der Waals surface area contributed by atoms with Crippen molar-refractivity contribution in [3.05, 3.63) is 42.1 Å². The number of benzene rings is 1. The molecule has 17 heavy (non-hydrogen) atoms. The molecule has 1 atom stereocenters. The summed E-state index contributed by atoms with van der Waals surface area (Å²) in [6.07, 6.45) is -1.39. The number of hydrogen-bond donors (Lipinski definition) is 3. The van der Waals surface area contributed by atoms with Gasteiger partial charge in [-0.15, -0.1) is 0 Å². The van der Waals surface area contributed by atoms with Gasteiger partial charge in [0.2, 0.25) is 0 Å². The molecule has 0 fully saturated rings. The van der Waals surface area contributed by atoms with E-state index in [2.05, 4.69) is 10.2 Å². The number of nitrogens with zero attached hydrogens (tertiary/aromatic N) is 1. The molecule has 2 rings (SSSR count). The number of aliphatic carboxylic acids is 1. The van der Waals surface area contributed by atoms with E-state index in [9.17, 15) is 9.90 Å². The van der Waals surface area contributed by atoms with E-state index >= 15 is 0 Å². The van der Waals surface area contributed by atoms with Crippen LogP contribution < -0.4 is 0 Å². The Morgan fingerprint density at radius 3 is 2.71 bits per heavy atom. The van der Waals surface area contributed by atoms with Crippen molar-refractivity contribution in [1.82, 2.24) is 10.2 Å². The van der Waals surface area contributed by atoms with E-state index in [1.54, 1.807) is 6.07 Å². The zero-order valence-corrected chi connectivity index (χ0v) is 9.00. The average molecular weight is 232 g/mol. The van der Waals surface area contributed by atoms with Gasteiger partial charge in [-0.05, 0) is 6.07 Å². The van der Waals surface area contributed by atoms with Crippen molar-refractivity contribution in [2.45, 2.75) is 12.5 Å². The highest BCUT2D eigenvalue weighted by Crippen LogP contribution is 2.21. The molecule has 0 saturated carbocycles. The summed E-state index contributed by atoms with van der Waals surface area (Å²) in [6, 6.07) is 11.1. The molecule has 2 aromatic rings. The molecule has 5 nitrogen and oxygen atoms in total. The molecule has 0 aliphatic rings. The molecule has 0 aliphatic heterocycles. The van der Waals surface area contributed by atoms with Gasteiger partial charge < -0.3 is 10.2 Å². The molecule has 0 saturated heterocycles. The van der Waals surface area contributed by atoms with Gasteiger partial charge in [-0.1, -0.05) is 30.3 Å². The molecule has 0 unspecified atom stereocenters. The Bertz CT molecular complexity index is 507. The Balaban J connectivity index is 2.19. The molecule has 1 heterocycles. The topological polar surface area (TPSA) is 86.2 Å². The lowest BCUT2D eigenvalue weighted by Crippen LogP contribution is -2.05. The molecular formula is C12H12N2O3. The Labute approximate surface area is 97.7 Å². The van der Waals surface area contributed by atoms with Crippen LogP contribution in [0, 0.1) is 0 Å². The minimum absolute atomic E-state index is 0.337. The smallest absolute Gasteiger partial charge is 0.306 e. The molecular weight excluding hydrogens is 220 g/mol. The van der Waals surface area contributed by atoms with Crippen molar-refractivity contribution in [2.24, 2.45) is 0 Å². The molecule has 0 amide bonds. The summed E-state index contributed by atoms with van der Waals surface area (Å²) < 4.78 is 0. The maximum absolute atomic E-state index is 10.5. The lowest BCUT2D eigenvalue weighted by atomic mass is 10.1. The number of carboxylic acids is 1. The predicted octanol–water partition coefficient (Wildman–Crippen LogP) is 1.58. The SMILES string of the molecule is O=C(O)C[C@H](O)c1cc(-c2ccccc2)n[nH]1. The van der Waals surface area contributed by atoms with Gasteiger partial charge in [-0.2, -0.15) is 5.10 Å². The van der Waals surface area contributed by atoms with Crippen molar-refractivity contribution >= 4 is 5.97 Å². The van der Waals surface area contributed by atoms with Crippen LogP contribution in [0.2, 0.25) is 0 Å². The van der Waals surface area contributed by atoms with E-state index in [1.165, 1.54) is 0 Å². The molecule has 1 aromatic heterocycles. The Hall–Kier alpha value is -2.14. The zero-order valence-electron chi connectivity index (χ0n) is 9.00. The van der Waals surface area contributed by atoms with Crippen LogP contribution in [0.1, 0.15) is 18.2 Å². The lowest BCUT2D eigenvalue weighted by Gasteiger charge is -2.02. The van der Waals surface area contributed by atoms with Crippen LogP contribution in [0.25, 0.3) is 11.3 Å². The van der Waals surface area contributed by atoms with Crippen LogP contribution >= 0.6 is 0 Å². The summed E-state index contributed by atoms with van der Waals surface area (Å²) >= 11 is 0. The van der Waals surface area contributed by atoms with Crippen molar-refractivity contribution in [3.8, 4) is 11.3 Å². The van der Waals surface area contributed by atoms with E-state index in [-0.39, 0.29) is 6.42 Å². The van der Waals surface area contributed by atoms with Gasteiger partial charge in [-0.3, -0.25) is 9.89 Å². The number of hydrogen-bond acceptors (Lipinski definition) is 3. The first-order valence-corrected chi connectivity index (χ1v) is 5.17. The molecule has 88 valence electrons. The van der Waals surface area contributed by atoms with Gasteiger partial charge in [0.15, 0.2) is 0 Å². The first kappa shape index (κ1) is 11.3. The summed E-state index contributed by atoms with van der Waals surface area (Å²) in [5.74, 6) is -1.05. The van der Waals surface area contributed by atoms with E-state index in [4.69, 9.17) is 5.11 Å². The summed E-state index contributed by atoms with van der Waals surface area (Å²) in [7, 11) is 0. The van der Waals surface area contributed by atoms with Crippen molar-refractivity contribution in [1.29, 1.82) is 0 Å². The number of aliphatic hydroxyl groups excluding tert-OH is 1. The van der Waals surface area contributed by atoms with Gasteiger partial charge >= 0.3 is 5.97 Å². The maximum Gasteiger partial charge on any atom is 0.306 e. The Morgan fingerprint density at radius 1 is 1.35 bits per heavy atom. The number of H-pyrrole nitrogens is 1. The first-order valence-electron chi connectivity index (χ1n) is 5.17. The number of aromatic nitrogens is 2. The average Bonchev–Trinajstić information content (AvgIpc) is 2.78. The molecule has 5 heteroatoms.